The highest BCUT2D eigenvalue weighted by Gasteiger charge is 2.46. The van der Waals surface area contributed by atoms with Gasteiger partial charge in [0.25, 0.3) is 0 Å². The third kappa shape index (κ3) is 0.970. The van der Waals surface area contributed by atoms with Gasteiger partial charge < -0.3 is 10.5 Å². The van der Waals surface area contributed by atoms with Gasteiger partial charge in [0.05, 0.1) is 5.60 Å². The Labute approximate surface area is 55.4 Å². The van der Waals surface area contributed by atoms with Crippen molar-refractivity contribution in [2.24, 2.45) is 5.73 Å². The molecule has 1 saturated heterocycles. The monoisotopic (exact) mass is 127 g/mol. The zero-order valence-electron chi connectivity index (χ0n) is 5.60. The minimum Gasteiger partial charge on any atom is -0.375 e. The molecule has 2 heteroatoms. The summed E-state index contributed by atoms with van der Waals surface area (Å²) in [7, 11) is 0. The van der Waals surface area contributed by atoms with Gasteiger partial charge in [-0.25, -0.2) is 0 Å². The van der Waals surface area contributed by atoms with Gasteiger partial charge in [0, 0.05) is 12.6 Å². The van der Waals surface area contributed by atoms with Gasteiger partial charge in [-0.1, -0.05) is 0 Å². The summed E-state index contributed by atoms with van der Waals surface area (Å²) in [5.74, 6) is 0. The van der Waals surface area contributed by atoms with E-state index < -0.39 is 0 Å². The fourth-order valence-corrected chi connectivity index (χ4v) is 1.55. The molecule has 0 bridgehead atoms. The molecule has 9 heavy (non-hydrogen) atoms. The zero-order chi connectivity index (χ0) is 6.32. The molecule has 1 aliphatic carbocycles. The van der Waals surface area contributed by atoms with Crippen molar-refractivity contribution in [3.8, 4) is 0 Å². The Morgan fingerprint density at radius 3 is 2.67 bits per heavy atom. The second-order valence-corrected chi connectivity index (χ2v) is 3.28. The molecule has 1 saturated carbocycles. The van der Waals surface area contributed by atoms with Crippen molar-refractivity contribution >= 4 is 0 Å². The number of hydrogen-bond acceptors (Lipinski definition) is 2. The summed E-state index contributed by atoms with van der Waals surface area (Å²) in [4.78, 5) is 0. The Kier molecular flexibility index (Phi) is 1.08. The van der Waals surface area contributed by atoms with E-state index in [0.29, 0.717) is 6.04 Å². The third-order valence-corrected chi connectivity index (χ3v) is 2.34. The number of nitrogens with two attached hydrogens (primary N) is 1. The van der Waals surface area contributed by atoms with Gasteiger partial charge in [-0.2, -0.15) is 0 Å². The lowest BCUT2D eigenvalue weighted by atomic mass is 10.0. The molecule has 0 aromatic rings. The SMILES string of the molecule is NC1CCOC2(CC2)C1. The van der Waals surface area contributed by atoms with Crippen LogP contribution in [0.5, 0.6) is 0 Å². The molecule has 1 atom stereocenters. The fraction of sp³-hybridized carbons (Fsp3) is 1.00. The van der Waals surface area contributed by atoms with Crippen molar-refractivity contribution in [1.29, 1.82) is 0 Å². The minimum atomic E-state index is 0.275. The molecule has 0 aromatic heterocycles. The van der Waals surface area contributed by atoms with Gasteiger partial charge in [0.1, 0.15) is 0 Å². The van der Waals surface area contributed by atoms with Gasteiger partial charge >= 0.3 is 0 Å². The molecule has 2 rings (SSSR count). The quantitative estimate of drug-likeness (QED) is 0.518. The molecule has 2 nitrogen and oxygen atoms in total. The molecule has 0 radical (unpaired) electrons. The maximum atomic E-state index is 5.77. The van der Waals surface area contributed by atoms with E-state index in [-0.39, 0.29) is 5.60 Å². The maximum Gasteiger partial charge on any atom is 0.0699 e. The Bertz CT molecular complexity index is 120. The van der Waals surface area contributed by atoms with Crippen LogP contribution in [0.3, 0.4) is 0 Å². The topological polar surface area (TPSA) is 35.2 Å². The van der Waals surface area contributed by atoms with Crippen molar-refractivity contribution < 1.29 is 4.74 Å². The average Bonchev–Trinajstić information content (AvgIpc) is 2.49. The molecule has 2 fully saturated rings. The smallest absolute Gasteiger partial charge is 0.0699 e. The molecule has 52 valence electrons. The average molecular weight is 127 g/mol. The van der Waals surface area contributed by atoms with Crippen LogP contribution in [0.15, 0.2) is 0 Å². The van der Waals surface area contributed by atoms with E-state index in [9.17, 15) is 0 Å². The van der Waals surface area contributed by atoms with E-state index in [1.165, 1.54) is 12.8 Å². The van der Waals surface area contributed by atoms with Crippen LogP contribution in [-0.4, -0.2) is 18.2 Å². The standard InChI is InChI=1S/C7H13NO/c8-6-1-4-9-7(5-6)2-3-7/h6H,1-5,8H2. The molecule has 0 amide bonds. The van der Waals surface area contributed by atoms with E-state index in [1.54, 1.807) is 0 Å². The maximum absolute atomic E-state index is 5.77. The molecule has 1 heterocycles. The Morgan fingerprint density at radius 2 is 2.22 bits per heavy atom. The lowest BCUT2D eigenvalue weighted by Gasteiger charge is -2.26. The van der Waals surface area contributed by atoms with Gasteiger partial charge in [-0.3, -0.25) is 0 Å². The second-order valence-electron chi connectivity index (χ2n) is 3.28. The molecular formula is C7H13NO. The molecule has 1 aliphatic heterocycles. The Hall–Kier alpha value is -0.0800. The van der Waals surface area contributed by atoms with Crippen molar-refractivity contribution in [2.45, 2.75) is 37.3 Å². The third-order valence-electron chi connectivity index (χ3n) is 2.34. The van der Waals surface area contributed by atoms with Crippen LogP contribution >= 0.6 is 0 Å². The van der Waals surface area contributed by atoms with Crippen molar-refractivity contribution in [1.82, 2.24) is 0 Å². The van der Waals surface area contributed by atoms with Gasteiger partial charge in [-0.15, -0.1) is 0 Å². The number of ether oxygens (including phenoxy) is 1. The van der Waals surface area contributed by atoms with Crippen LogP contribution in [0.2, 0.25) is 0 Å². The Balaban J connectivity index is 1.96. The van der Waals surface area contributed by atoms with E-state index >= 15 is 0 Å². The Morgan fingerprint density at radius 1 is 1.44 bits per heavy atom. The summed E-state index contributed by atoms with van der Waals surface area (Å²) < 4.78 is 5.57. The molecule has 1 unspecified atom stereocenters. The van der Waals surface area contributed by atoms with Gasteiger partial charge in [0.2, 0.25) is 0 Å². The summed E-state index contributed by atoms with van der Waals surface area (Å²) in [6.45, 7) is 0.890. The summed E-state index contributed by atoms with van der Waals surface area (Å²) >= 11 is 0. The molecular weight excluding hydrogens is 114 g/mol. The van der Waals surface area contributed by atoms with E-state index in [0.717, 1.165) is 19.4 Å². The highest BCUT2D eigenvalue weighted by Crippen LogP contribution is 2.45. The first kappa shape index (κ1) is 5.69. The van der Waals surface area contributed by atoms with E-state index in [4.69, 9.17) is 10.5 Å². The largest absolute Gasteiger partial charge is 0.375 e. The highest BCUT2D eigenvalue weighted by molar-refractivity contribution is 5.00. The minimum absolute atomic E-state index is 0.275. The van der Waals surface area contributed by atoms with E-state index in [2.05, 4.69) is 0 Å². The zero-order valence-corrected chi connectivity index (χ0v) is 5.60. The number of rotatable bonds is 0. The number of hydrogen-bond donors (Lipinski definition) is 1. The van der Waals surface area contributed by atoms with Crippen molar-refractivity contribution in [2.75, 3.05) is 6.61 Å². The predicted molar refractivity (Wildman–Crippen MR) is 35.1 cm³/mol. The molecule has 0 aromatic carbocycles. The fourth-order valence-electron chi connectivity index (χ4n) is 1.55. The summed E-state index contributed by atoms with van der Waals surface area (Å²) in [5.41, 5.74) is 6.05. The van der Waals surface area contributed by atoms with Crippen molar-refractivity contribution in [3.05, 3.63) is 0 Å². The van der Waals surface area contributed by atoms with Gasteiger partial charge in [-0.05, 0) is 25.7 Å². The normalized spacial score (nSPS) is 39.0. The lowest BCUT2D eigenvalue weighted by molar-refractivity contribution is -0.0117. The predicted octanol–water partition coefficient (Wildman–Crippen LogP) is 0.657. The lowest BCUT2D eigenvalue weighted by Crippen LogP contribution is -2.35. The van der Waals surface area contributed by atoms with Crippen molar-refractivity contribution in [3.63, 3.8) is 0 Å². The van der Waals surface area contributed by atoms with Crippen LogP contribution in [0, 0.1) is 0 Å². The van der Waals surface area contributed by atoms with Crippen LogP contribution in [0.4, 0.5) is 0 Å². The van der Waals surface area contributed by atoms with Crippen LogP contribution < -0.4 is 5.73 Å². The first-order chi connectivity index (χ1) is 4.31. The summed E-state index contributed by atoms with van der Waals surface area (Å²) in [6.07, 6.45) is 4.66. The van der Waals surface area contributed by atoms with Crippen LogP contribution in [-0.2, 0) is 4.74 Å². The summed E-state index contributed by atoms with van der Waals surface area (Å²) in [5, 5.41) is 0. The first-order valence-electron chi connectivity index (χ1n) is 3.70. The van der Waals surface area contributed by atoms with E-state index in [1.807, 2.05) is 0 Å². The second kappa shape index (κ2) is 1.70. The summed E-state index contributed by atoms with van der Waals surface area (Å²) in [6, 6.07) is 0.418. The molecule has 2 aliphatic rings. The molecule has 1 spiro atoms. The van der Waals surface area contributed by atoms with Crippen LogP contribution in [0.25, 0.3) is 0 Å². The first-order valence-corrected chi connectivity index (χ1v) is 3.70. The molecule has 2 N–H and O–H groups in total. The van der Waals surface area contributed by atoms with Gasteiger partial charge in [0.15, 0.2) is 0 Å². The highest BCUT2D eigenvalue weighted by atomic mass is 16.5. The van der Waals surface area contributed by atoms with Crippen LogP contribution in [0.1, 0.15) is 25.7 Å².